The molecule has 0 unspecified atom stereocenters. The van der Waals surface area contributed by atoms with Crippen LogP contribution in [0.25, 0.3) is 0 Å². The Morgan fingerprint density at radius 1 is 0.958 bits per heavy atom. The van der Waals surface area contributed by atoms with Crippen LogP contribution in [0.1, 0.15) is 103 Å². The fourth-order valence-corrected chi connectivity index (χ4v) is 10.5. The number of alkyl carbamates (subject to hydrolysis) is 1. The number of aliphatic hydroxyl groups is 3. The van der Waals surface area contributed by atoms with Crippen molar-refractivity contribution in [1.82, 2.24) is 10.6 Å². The lowest BCUT2D eigenvalue weighted by Crippen LogP contribution is -2.81. The van der Waals surface area contributed by atoms with E-state index in [1.54, 1.807) is 57.2 Å². The zero-order chi connectivity index (χ0) is 52.3. The van der Waals surface area contributed by atoms with Crippen LogP contribution < -0.4 is 10.6 Å². The maximum atomic E-state index is 15.2. The molecule has 384 valence electrons. The monoisotopic (exact) mass is 988 g/mol. The molecule has 3 fully saturated rings. The van der Waals surface area contributed by atoms with E-state index in [0.717, 1.165) is 6.92 Å². The van der Waals surface area contributed by atoms with Gasteiger partial charge in [-0.15, -0.1) is 12.3 Å². The number of carbonyl (C=O) groups excluding carboxylic acids is 7. The van der Waals surface area contributed by atoms with Crippen LogP contribution >= 0.6 is 0 Å². The van der Waals surface area contributed by atoms with Crippen LogP contribution in [0.3, 0.4) is 0 Å². The van der Waals surface area contributed by atoms with Crippen LogP contribution in [-0.2, 0) is 57.1 Å². The molecule has 3 aliphatic carbocycles. The van der Waals surface area contributed by atoms with E-state index in [1.165, 1.54) is 52.0 Å². The van der Waals surface area contributed by atoms with Crippen LogP contribution in [0, 0.1) is 29.1 Å². The molecule has 4 aliphatic rings. The third-order valence-corrected chi connectivity index (χ3v) is 14.1. The number of benzene rings is 2. The molecule has 2 saturated carbocycles. The fourth-order valence-electron chi connectivity index (χ4n) is 10.5. The summed E-state index contributed by atoms with van der Waals surface area (Å²) < 4.78 is 41.2. The number of carbonyl (C=O) groups is 7. The van der Waals surface area contributed by atoms with E-state index in [-0.39, 0.29) is 41.8 Å². The van der Waals surface area contributed by atoms with Crippen LogP contribution in [0.5, 0.6) is 0 Å². The Balaban J connectivity index is 1.46. The number of esters is 4. The molecule has 1 heterocycles. The second-order valence-electron chi connectivity index (χ2n) is 20.2. The number of ether oxygens (including phenoxy) is 7. The Labute approximate surface area is 412 Å². The maximum absolute atomic E-state index is 15.2. The van der Waals surface area contributed by atoms with E-state index >= 15 is 9.59 Å². The molecule has 2 aromatic rings. The third kappa shape index (κ3) is 10.9. The summed E-state index contributed by atoms with van der Waals surface area (Å²) in [5, 5.41) is 43.3. The number of amides is 2. The van der Waals surface area contributed by atoms with E-state index in [2.05, 4.69) is 16.6 Å². The number of Topliss-reactive ketones (excluding diaryl/α,β-unsaturated/α-hetero) is 1. The van der Waals surface area contributed by atoms with Crippen molar-refractivity contribution in [1.29, 1.82) is 0 Å². The van der Waals surface area contributed by atoms with Gasteiger partial charge in [0.15, 0.2) is 11.4 Å². The van der Waals surface area contributed by atoms with Crippen molar-refractivity contribution in [2.75, 3.05) is 26.4 Å². The van der Waals surface area contributed by atoms with E-state index in [9.17, 15) is 39.3 Å². The number of hydrogen-bond donors (Lipinski definition) is 5. The van der Waals surface area contributed by atoms with Gasteiger partial charge in [-0.25, -0.2) is 19.2 Å². The zero-order valence-corrected chi connectivity index (χ0v) is 41.2. The first-order chi connectivity index (χ1) is 33.3. The van der Waals surface area contributed by atoms with Crippen LogP contribution in [0.2, 0.25) is 0 Å². The van der Waals surface area contributed by atoms with Crippen LogP contribution in [-0.4, -0.2) is 137 Å². The second-order valence-corrected chi connectivity index (χ2v) is 20.2. The van der Waals surface area contributed by atoms with Crippen molar-refractivity contribution in [3.05, 3.63) is 82.9 Å². The van der Waals surface area contributed by atoms with Gasteiger partial charge in [-0.3, -0.25) is 14.4 Å². The van der Waals surface area contributed by atoms with Gasteiger partial charge in [-0.1, -0.05) is 62.4 Å². The summed E-state index contributed by atoms with van der Waals surface area (Å²) in [4.78, 5) is 97.1. The Hall–Kier alpha value is -6.17. The van der Waals surface area contributed by atoms with Crippen molar-refractivity contribution in [3.8, 4) is 12.3 Å². The molecular formula is C52H64N2O17. The number of aliphatic hydroxyl groups excluding tert-OH is 2. The van der Waals surface area contributed by atoms with Gasteiger partial charge < -0.3 is 59.1 Å². The minimum absolute atomic E-state index is 0.0350. The lowest BCUT2D eigenvalue weighted by atomic mass is 9.44. The van der Waals surface area contributed by atoms with Gasteiger partial charge in [-0.05, 0) is 69.9 Å². The molecular weight excluding hydrogens is 925 g/mol. The zero-order valence-electron chi connectivity index (χ0n) is 41.2. The summed E-state index contributed by atoms with van der Waals surface area (Å²) in [6, 6.07) is 14.1. The van der Waals surface area contributed by atoms with Crippen molar-refractivity contribution in [3.63, 3.8) is 0 Å². The van der Waals surface area contributed by atoms with Crippen molar-refractivity contribution < 1.29 is 82.0 Å². The molecule has 6 rings (SSSR count). The predicted octanol–water partition coefficient (Wildman–Crippen LogP) is 3.36. The average Bonchev–Trinajstić information content (AvgIpc) is 3.30. The standard InChI is InChI=1S/C52H64N2O17/c1-10-11-18-23-53-36(57)26-65-27-37(58)68-41(39(31-19-14-12-15-20-31)54-47(63)71-48(4,5)6)46(62)67-33-25-52(64)44(69-45(61)32-21-16-13-17-22-32)42-50(9,43(60)40(59)38(29(33)2)49(52,7)8)34(56)24-35-51(42,28-66-35)70-30(3)55/h1,12-17,19-22,33-35,39-42,44,56,59,64H,11,18,23-28H2,2-9H3,(H,53,57)(H,54,63)/t33-,34-,35+,39-,40+,41+,42-,44-,50+,51-,52+/m0/s1. The molecule has 0 radical (unpaired) electrons. The topological polar surface area (TPSA) is 269 Å². The summed E-state index contributed by atoms with van der Waals surface area (Å²) in [6.07, 6.45) is -5.98. The second kappa shape index (κ2) is 21.3. The molecule has 2 bridgehead atoms. The summed E-state index contributed by atoms with van der Waals surface area (Å²) in [6.45, 7) is 10.3. The molecule has 71 heavy (non-hydrogen) atoms. The Morgan fingerprint density at radius 2 is 1.61 bits per heavy atom. The first-order valence-corrected chi connectivity index (χ1v) is 23.5. The van der Waals surface area contributed by atoms with Gasteiger partial charge in [0.1, 0.15) is 54.9 Å². The van der Waals surface area contributed by atoms with E-state index in [4.69, 9.17) is 39.6 Å². The molecule has 0 aromatic heterocycles. The van der Waals surface area contributed by atoms with Gasteiger partial charge in [0.2, 0.25) is 12.0 Å². The Morgan fingerprint density at radius 3 is 2.20 bits per heavy atom. The number of ketones is 1. The summed E-state index contributed by atoms with van der Waals surface area (Å²) in [5.41, 5.74) is -8.91. The quantitative estimate of drug-likeness (QED) is 0.0531. The smallest absolute Gasteiger partial charge is 0.408 e. The number of terminal acetylenes is 1. The van der Waals surface area contributed by atoms with Crippen molar-refractivity contribution in [2.24, 2.45) is 16.7 Å². The minimum Gasteiger partial charge on any atom is -0.455 e. The van der Waals surface area contributed by atoms with Crippen molar-refractivity contribution in [2.45, 2.75) is 141 Å². The average molecular weight is 989 g/mol. The summed E-state index contributed by atoms with van der Waals surface area (Å²) >= 11 is 0. The van der Waals surface area contributed by atoms with Crippen LogP contribution in [0.15, 0.2) is 71.8 Å². The van der Waals surface area contributed by atoms with Gasteiger partial charge >= 0.3 is 30.0 Å². The molecule has 1 saturated heterocycles. The SMILES string of the molecule is C#CCCCNC(=O)COCC(=O)O[C@@H](C(=O)O[C@H]1C[C@@]2(O)[C@@H](OC(=O)c3ccccc3)[C@@H]3[C@]4(OC(C)=O)CO[C@@H]4C[C@H](O)[C@@]3(C)C(=O)[C@H](O)C(=C1C)C2(C)C)[C@@H](NC(=O)OC(C)(C)C)c1ccccc1. The number of unbranched alkanes of at least 4 members (excludes halogenated alkanes) is 1. The Kier molecular flexibility index (Phi) is 16.2. The number of hydrogen-bond acceptors (Lipinski definition) is 17. The van der Waals surface area contributed by atoms with Gasteiger partial charge in [0.25, 0.3) is 0 Å². The molecule has 0 spiro atoms. The molecule has 19 heteroatoms. The molecule has 1 aliphatic heterocycles. The number of nitrogens with one attached hydrogen (secondary N) is 2. The van der Waals surface area contributed by atoms with E-state index < -0.39 is 138 Å². The highest BCUT2D eigenvalue weighted by Crippen LogP contribution is 2.64. The van der Waals surface area contributed by atoms with Gasteiger partial charge in [-0.2, -0.15) is 0 Å². The summed E-state index contributed by atoms with van der Waals surface area (Å²) in [7, 11) is 0. The number of fused-ring (bicyclic) bond motifs is 5. The van der Waals surface area contributed by atoms with E-state index in [0.29, 0.717) is 12.8 Å². The normalized spacial score (nSPS) is 29.4. The lowest BCUT2D eigenvalue weighted by molar-refractivity contribution is -0.346. The molecule has 2 aromatic carbocycles. The molecule has 2 amide bonds. The Bertz CT molecular complexity index is 2430. The fraction of sp³-hybridized carbons (Fsp3) is 0.558. The molecule has 5 N–H and O–H groups in total. The lowest BCUT2D eigenvalue weighted by Gasteiger charge is -2.67. The highest BCUT2D eigenvalue weighted by Gasteiger charge is 2.78. The molecule has 19 nitrogen and oxygen atoms in total. The highest BCUT2D eigenvalue weighted by molar-refractivity contribution is 5.94. The third-order valence-electron chi connectivity index (χ3n) is 14.1. The van der Waals surface area contributed by atoms with Crippen molar-refractivity contribution >= 4 is 41.7 Å². The summed E-state index contributed by atoms with van der Waals surface area (Å²) in [5.74, 6) is -4.92. The van der Waals surface area contributed by atoms with Gasteiger partial charge in [0, 0.05) is 38.1 Å². The number of rotatable bonds is 16. The minimum atomic E-state index is -2.47. The van der Waals surface area contributed by atoms with Crippen LogP contribution in [0.4, 0.5) is 4.79 Å². The van der Waals surface area contributed by atoms with Gasteiger partial charge in [0.05, 0.1) is 29.6 Å². The van der Waals surface area contributed by atoms with E-state index in [1.807, 2.05) is 0 Å². The largest absolute Gasteiger partial charge is 0.455 e. The first kappa shape index (κ1) is 54.2. The first-order valence-electron chi connectivity index (χ1n) is 23.5. The molecule has 11 atom stereocenters. The predicted molar refractivity (Wildman–Crippen MR) is 249 cm³/mol. The highest BCUT2D eigenvalue weighted by atomic mass is 16.6. The maximum Gasteiger partial charge on any atom is 0.408 e.